The molecule has 2 nitrogen and oxygen atoms in total. The first-order chi connectivity index (χ1) is 5.47. The maximum absolute atomic E-state index is 11.4. The molecular formula is C10H19NO. The van der Waals surface area contributed by atoms with Crippen LogP contribution >= 0.6 is 0 Å². The SMILES string of the molecule is CC(C)(N)CC(=O)CC1CCC1. The molecule has 1 fully saturated rings. The number of carbonyl (C=O) groups is 1. The molecule has 0 aromatic heterocycles. The fourth-order valence-electron chi connectivity index (χ4n) is 1.60. The van der Waals surface area contributed by atoms with E-state index >= 15 is 0 Å². The third-order valence-corrected chi connectivity index (χ3v) is 2.39. The van der Waals surface area contributed by atoms with Gasteiger partial charge in [0.2, 0.25) is 0 Å². The van der Waals surface area contributed by atoms with Gasteiger partial charge in [-0.1, -0.05) is 19.3 Å². The van der Waals surface area contributed by atoms with E-state index in [9.17, 15) is 4.79 Å². The highest BCUT2D eigenvalue weighted by molar-refractivity contribution is 5.79. The summed E-state index contributed by atoms with van der Waals surface area (Å²) >= 11 is 0. The smallest absolute Gasteiger partial charge is 0.134 e. The van der Waals surface area contributed by atoms with Crippen LogP contribution in [-0.4, -0.2) is 11.3 Å². The summed E-state index contributed by atoms with van der Waals surface area (Å²) < 4.78 is 0. The molecule has 0 saturated heterocycles. The number of hydrogen-bond acceptors (Lipinski definition) is 2. The minimum atomic E-state index is -0.319. The molecule has 0 amide bonds. The molecular weight excluding hydrogens is 150 g/mol. The molecule has 12 heavy (non-hydrogen) atoms. The fraction of sp³-hybridized carbons (Fsp3) is 0.900. The Morgan fingerprint density at radius 3 is 2.42 bits per heavy atom. The number of carbonyl (C=O) groups excluding carboxylic acids is 1. The maximum atomic E-state index is 11.4. The molecule has 0 bridgehead atoms. The Balaban J connectivity index is 2.19. The summed E-state index contributed by atoms with van der Waals surface area (Å²) in [5.74, 6) is 1.02. The lowest BCUT2D eigenvalue weighted by Crippen LogP contribution is -2.35. The first kappa shape index (κ1) is 9.72. The van der Waals surface area contributed by atoms with E-state index in [4.69, 9.17) is 5.73 Å². The van der Waals surface area contributed by atoms with Crippen LogP contribution in [0.2, 0.25) is 0 Å². The summed E-state index contributed by atoms with van der Waals surface area (Å²) in [4.78, 5) is 11.4. The van der Waals surface area contributed by atoms with Crippen molar-refractivity contribution in [3.63, 3.8) is 0 Å². The predicted molar refractivity (Wildman–Crippen MR) is 49.8 cm³/mol. The number of hydrogen-bond donors (Lipinski definition) is 1. The van der Waals surface area contributed by atoms with Crippen molar-refractivity contribution in [2.45, 2.75) is 51.5 Å². The van der Waals surface area contributed by atoms with Crippen molar-refractivity contribution >= 4 is 5.78 Å². The van der Waals surface area contributed by atoms with Crippen molar-refractivity contribution in [3.8, 4) is 0 Å². The summed E-state index contributed by atoms with van der Waals surface area (Å²) in [5.41, 5.74) is 5.43. The van der Waals surface area contributed by atoms with E-state index in [0.717, 1.165) is 6.42 Å². The van der Waals surface area contributed by atoms with Crippen molar-refractivity contribution in [2.24, 2.45) is 11.7 Å². The van der Waals surface area contributed by atoms with Crippen LogP contribution in [0.15, 0.2) is 0 Å². The van der Waals surface area contributed by atoms with Gasteiger partial charge in [0.05, 0.1) is 0 Å². The highest BCUT2D eigenvalue weighted by Crippen LogP contribution is 2.30. The third-order valence-electron chi connectivity index (χ3n) is 2.39. The molecule has 1 aliphatic carbocycles. The van der Waals surface area contributed by atoms with Gasteiger partial charge in [-0.05, 0) is 19.8 Å². The van der Waals surface area contributed by atoms with Crippen LogP contribution in [0.25, 0.3) is 0 Å². The van der Waals surface area contributed by atoms with Gasteiger partial charge in [0.15, 0.2) is 0 Å². The zero-order valence-corrected chi connectivity index (χ0v) is 8.10. The second-order valence-electron chi connectivity index (χ2n) is 4.71. The van der Waals surface area contributed by atoms with E-state index in [2.05, 4.69) is 0 Å². The van der Waals surface area contributed by atoms with Crippen molar-refractivity contribution in [1.82, 2.24) is 0 Å². The summed E-state index contributed by atoms with van der Waals surface area (Å²) in [6.07, 6.45) is 5.10. The van der Waals surface area contributed by atoms with E-state index in [-0.39, 0.29) is 5.54 Å². The predicted octanol–water partition coefficient (Wildman–Crippen LogP) is 1.87. The lowest BCUT2D eigenvalue weighted by atomic mass is 9.80. The normalized spacial score (nSPS) is 18.9. The van der Waals surface area contributed by atoms with E-state index in [0.29, 0.717) is 18.1 Å². The lowest BCUT2D eigenvalue weighted by Gasteiger charge is -2.26. The largest absolute Gasteiger partial charge is 0.325 e. The fourth-order valence-corrected chi connectivity index (χ4v) is 1.60. The molecule has 0 radical (unpaired) electrons. The quantitative estimate of drug-likeness (QED) is 0.698. The summed E-state index contributed by atoms with van der Waals surface area (Å²) in [5, 5.41) is 0. The molecule has 0 unspecified atom stereocenters. The molecule has 1 aliphatic rings. The van der Waals surface area contributed by atoms with Gasteiger partial charge in [-0.2, -0.15) is 0 Å². The zero-order valence-electron chi connectivity index (χ0n) is 8.10. The Bertz CT molecular complexity index is 165. The second kappa shape index (κ2) is 3.56. The van der Waals surface area contributed by atoms with E-state index < -0.39 is 0 Å². The Hall–Kier alpha value is -0.370. The standard InChI is InChI=1S/C10H19NO/c1-10(2,11)7-9(12)6-8-4-3-5-8/h8H,3-7,11H2,1-2H3. The van der Waals surface area contributed by atoms with E-state index in [1.54, 1.807) is 0 Å². The average Bonchev–Trinajstić information content (AvgIpc) is 1.74. The Labute approximate surface area is 74.5 Å². The van der Waals surface area contributed by atoms with Crippen LogP contribution in [0, 0.1) is 5.92 Å². The Morgan fingerprint density at radius 2 is 2.08 bits per heavy atom. The van der Waals surface area contributed by atoms with Crippen LogP contribution in [0.5, 0.6) is 0 Å². The van der Waals surface area contributed by atoms with Gasteiger partial charge in [0.25, 0.3) is 0 Å². The molecule has 2 heteroatoms. The Morgan fingerprint density at radius 1 is 1.50 bits per heavy atom. The minimum Gasteiger partial charge on any atom is -0.325 e. The van der Waals surface area contributed by atoms with Crippen LogP contribution < -0.4 is 5.73 Å². The molecule has 2 N–H and O–H groups in total. The van der Waals surface area contributed by atoms with Gasteiger partial charge >= 0.3 is 0 Å². The first-order valence-electron chi connectivity index (χ1n) is 4.78. The van der Waals surface area contributed by atoms with Gasteiger partial charge in [-0.25, -0.2) is 0 Å². The van der Waals surface area contributed by atoms with Crippen LogP contribution in [0.1, 0.15) is 46.0 Å². The van der Waals surface area contributed by atoms with Crippen molar-refractivity contribution in [3.05, 3.63) is 0 Å². The third kappa shape index (κ3) is 3.35. The highest BCUT2D eigenvalue weighted by atomic mass is 16.1. The topological polar surface area (TPSA) is 43.1 Å². The summed E-state index contributed by atoms with van der Waals surface area (Å²) in [7, 11) is 0. The van der Waals surface area contributed by atoms with Gasteiger partial charge < -0.3 is 5.73 Å². The second-order valence-corrected chi connectivity index (χ2v) is 4.71. The molecule has 0 aliphatic heterocycles. The molecule has 0 heterocycles. The number of rotatable bonds is 4. The molecule has 0 aromatic rings. The number of Topliss-reactive ketones (excluding diaryl/α,β-unsaturated/α-hetero) is 1. The summed E-state index contributed by atoms with van der Waals surface area (Å²) in [6.45, 7) is 3.82. The van der Waals surface area contributed by atoms with Crippen molar-refractivity contribution < 1.29 is 4.79 Å². The number of nitrogens with two attached hydrogens (primary N) is 1. The van der Waals surface area contributed by atoms with Crippen molar-refractivity contribution in [1.29, 1.82) is 0 Å². The highest BCUT2D eigenvalue weighted by Gasteiger charge is 2.23. The molecule has 1 rings (SSSR count). The Kier molecular flexibility index (Phi) is 2.89. The zero-order chi connectivity index (χ0) is 9.19. The molecule has 70 valence electrons. The molecule has 1 saturated carbocycles. The molecule has 0 aromatic carbocycles. The average molecular weight is 169 g/mol. The van der Waals surface area contributed by atoms with Gasteiger partial charge in [-0.15, -0.1) is 0 Å². The van der Waals surface area contributed by atoms with Crippen LogP contribution in [-0.2, 0) is 4.79 Å². The van der Waals surface area contributed by atoms with Crippen LogP contribution in [0.3, 0.4) is 0 Å². The van der Waals surface area contributed by atoms with Gasteiger partial charge in [-0.3, -0.25) is 4.79 Å². The lowest BCUT2D eigenvalue weighted by molar-refractivity contribution is -0.121. The summed E-state index contributed by atoms with van der Waals surface area (Å²) in [6, 6.07) is 0. The van der Waals surface area contributed by atoms with E-state index in [1.165, 1.54) is 19.3 Å². The minimum absolute atomic E-state index is 0.319. The first-order valence-corrected chi connectivity index (χ1v) is 4.78. The van der Waals surface area contributed by atoms with Gasteiger partial charge in [0.1, 0.15) is 5.78 Å². The van der Waals surface area contributed by atoms with Crippen molar-refractivity contribution in [2.75, 3.05) is 0 Å². The maximum Gasteiger partial charge on any atom is 0.134 e. The molecule has 0 spiro atoms. The monoisotopic (exact) mass is 169 g/mol. The molecule has 0 atom stereocenters. The number of ketones is 1. The van der Waals surface area contributed by atoms with Gasteiger partial charge in [0, 0.05) is 18.4 Å². The van der Waals surface area contributed by atoms with E-state index in [1.807, 2.05) is 13.8 Å². The van der Waals surface area contributed by atoms with Crippen LogP contribution in [0.4, 0.5) is 0 Å².